The van der Waals surface area contributed by atoms with E-state index in [9.17, 15) is 22.4 Å². The van der Waals surface area contributed by atoms with E-state index in [1.165, 1.54) is 85.7 Å². The van der Waals surface area contributed by atoms with Gasteiger partial charge in [0.1, 0.15) is 24.2 Å². The van der Waals surface area contributed by atoms with Gasteiger partial charge in [-0.1, -0.05) is 29.8 Å². The fourth-order valence-corrected chi connectivity index (χ4v) is 5.42. The second kappa shape index (κ2) is 12.7. The van der Waals surface area contributed by atoms with Crippen LogP contribution in [0.2, 0.25) is 5.02 Å². The minimum Gasteiger partial charge on any atom is -0.497 e. The first-order chi connectivity index (χ1) is 18.7. The first kappa shape index (κ1) is 30.9. The fourth-order valence-electron chi connectivity index (χ4n) is 3.88. The molecule has 0 aliphatic carbocycles. The predicted octanol–water partition coefficient (Wildman–Crippen LogP) is 5.02. The number of nitrogens with one attached hydrogen (secondary N) is 1. The second-order valence-corrected chi connectivity index (χ2v) is 12.5. The van der Waals surface area contributed by atoms with Crippen LogP contribution in [0.5, 0.6) is 5.75 Å². The van der Waals surface area contributed by atoms with Crippen molar-refractivity contribution < 1.29 is 27.1 Å². The van der Waals surface area contributed by atoms with Crippen LogP contribution in [0.25, 0.3) is 0 Å². The van der Waals surface area contributed by atoms with Gasteiger partial charge in [-0.15, -0.1) is 0 Å². The lowest BCUT2D eigenvalue weighted by atomic mass is 10.1. The van der Waals surface area contributed by atoms with Gasteiger partial charge < -0.3 is 15.0 Å². The van der Waals surface area contributed by atoms with Crippen LogP contribution in [0.15, 0.2) is 77.7 Å². The summed E-state index contributed by atoms with van der Waals surface area (Å²) >= 11 is 6.03. The first-order valence-corrected chi connectivity index (χ1v) is 14.3. The van der Waals surface area contributed by atoms with Crippen molar-refractivity contribution in [3.63, 3.8) is 0 Å². The Morgan fingerprint density at radius 2 is 1.60 bits per heavy atom. The van der Waals surface area contributed by atoms with Crippen LogP contribution in [0.4, 0.5) is 10.1 Å². The number of amides is 2. The zero-order valence-corrected chi connectivity index (χ0v) is 24.6. The van der Waals surface area contributed by atoms with E-state index in [0.29, 0.717) is 10.8 Å². The van der Waals surface area contributed by atoms with Crippen molar-refractivity contribution in [1.29, 1.82) is 0 Å². The third-order valence-electron chi connectivity index (χ3n) is 6.00. The number of sulfonamides is 1. The van der Waals surface area contributed by atoms with E-state index in [0.717, 1.165) is 4.31 Å². The maximum Gasteiger partial charge on any atom is 0.264 e. The summed E-state index contributed by atoms with van der Waals surface area (Å²) in [6, 6.07) is 16.6. The smallest absolute Gasteiger partial charge is 0.264 e. The van der Waals surface area contributed by atoms with E-state index in [1.807, 2.05) is 0 Å². The Morgan fingerprint density at radius 3 is 2.15 bits per heavy atom. The minimum atomic E-state index is -4.26. The van der Waals surface area contributed by atoms with Crippen LogP contribution in [0.1, 0.15) is 33.3 Å². The number of benzene rings is 3. The lowest BCUT2D eigenvalue weighted by Crippen LogP contribution is -2.54. The molecule has 11 heteroatoms. The van der Waals surface area contributed by atoms with Crippen molar-refractivity contribution in [3.8, 4) is 5.75 Å². The number of rotatable bonds is 10. The lowest BCUT2D eigenvalue weighted by Gasteiger charge is -2.33. The van der Waals surface area contributed by atoms with E-state index >= 15 is 0 Å². The molecule has 1 N–H and O–H groups in total. The number of hydrogen-bond donors (Lipinski definition) is 1. The largest absolute Gasteiger partial charge is 0.497 e. The molecule has 0 bridgehead atoms. The van der Waals surface area contributed by atoms with Gasteiger partial charge in [-0.05, 0) is 82.3 Å². The Kier molecular flexibility index (Phi) is 9.81. The monoisotopic (exact) mass is 589 g/mol. The van der Waals surface area contributed by atoms with Crippen LogP contribution in [0.3, 0.4) is 0 Å². The van der Waals surface area contributed by atoms with Crippen molar-refractivity contribution in [2.75, 3.05) is 18.0 Å². The van der Waals surface area contributed by atoms with Crippen LogP contribution < -0.4 is 14.4 Å². The highest BCUT2D eigenvalue weighted by Gasteiger charge is 2.33. The summed E-state index contributed by atoms with van der Waals surface area (Å²) in [7, 11) is -2.80. The van der Waals surface area contributed by atoms with Crippen molar-refractivity contribution in [2.24, 2.45) is 0 Å². The summed E-state index contributed by atoms with van der Waals surface area (Å²) in [5.74, 6) is -1.26. The van der Waals surface area contributed by atoms with E-state index in [4.69, 9.17) is 16.3 Å². The Labute approximate surface area is 239 Å². The Bertz CT molecular complexity index is 1440. The zero-order valence-electron chi connectivity index (χ0n) is 23.0. The number of nitrogens with zero attached hydrogens (tertiary/aromatic N) is 2. The molecule has 3 aromatic rings. The Balaban J connectivity index is 2.04. The fraction of sp³-hybridized carbons (Fsp3) is 0.310. The highest BCUT2D eigenvalue weighted by atomic mass is 35.5. The SMILES string of the molecule is COc1ccc(S(=O)(=O)N(CC(=O)N(Cc2ccccc2F)[C@H](C)C(=O)NC(C)(C)C)c2ccc(Cl)cc2)cc1. The predicted molar refractivity (Wildman–Crippen MR) is 153 cm³/mol. The van der Waals surface area contributed by atoms with Gasteiger partial charge in [0.25, 0.3) is 10.0 Å². The molecule has 0 saturated carbocycles. The second-order valence-electron chi connectivity index (χ2n) is 10.2. The van der Waals surface area contributed by atoms with Gasteiger partial charge in [0.15, 0.2) is 0 Å². The molecule has 3 aromatic carbocycles. The Morgan fingerprint density at radius 1 is 1.00 bits per heavy atom. The maximum absolute atomic E-state index is 14.6. The van der Waals surface area contributed by atoms with Crippen molar-refractivity contribution in [3.05, 3.63) is 89.2 Å². The number of hydrogen-bond acceptors (Lipinski definition) is 5. The molecule has 1 atom stereocenters. The molecule has 3 rings (SSSR count). The third-order valence-corrected chi connectivity index (χ3v) is 8.04. The van der Waals surface area contributed by atoms with Crippen LogP contribution >= 0.6 is 11.6 Å². The van der Waals surface area contributed by atoms with Crippen LogP contribution in [-0.4, -0.2) is 50.4 Å². The molecule has 0 saturated heterocycles. The lowest BCUT2D eigenvalue weighted by molar-refractivity contribution is -0.140. The molecule has 0 aliphatic rings. The van der Waals surface area contributed by atoms with E-state index in [2.05, 4.69) is 5.32 Å². The summed E-state index contributed by atoms with van der Waals surface area (Å²) in [5, 5.41) is 3.21. The molecular formula is C29H33ClFN3O5S. The van der Waals surface area contributed by atoms with Gasteiger partial charge >= 0.3 is 0 Å². The molecule has 40 heavy (non-hydrogen) atoms. The number of ether oxygens (including phenoxy) is 1. The van der Waals surface area contributed by atoms with Crippen LogP contribution in [-0.2, 0) is 26.2 Å². The van der Waals surface area contributed by atoms with Gasteiger partial charge in [0.2, 0.25) is 11.8 Å². The summed E-state index contributed by atoms with van der Waals surface area (Å²) in [6.07, 6.45) is 0. The number of carbonyl (C=O) groups is 2. The highest BCUT2D eigenvalue weighted by molar-refractivity contribution is 7.92. The standard InChI is InChI=1S/C29H33ClFN3O5S/c1-20(28(36)32-29(2,3)4)33(18-21-8-6-7-9-26(21)31)27(35)19-34(23-12-10-22(30)11-13-23)40(37,38)25-16-14-24(39-5)15-17-25/h6-17,20H,18-19H2,1-5H3,(H,32,36)/t20-/m1/s1. The molecule has 0 spiro atoms. The zero-order chi connectivity index (χ0) is 29.7. The molecule has 214 valence electrons. The maximum atomic E-state index is 14.6. The molecule has 2 amide bonds. The van der Waals surface area contributed by atoms with Gasteiger partial charge in [-0.2, -0.15) is 0 Å². The molecule has 0 radical (unpaired) electrons. The minimum absolute atomic E-state index is 0.0739. The molecule has 0 fully saturated rings. The molecule has 0 aliphatic heterocycles. The van der Waals surface area contributed by atoms with E-state index in [1.54, 1.807) is 26.8 Å². The van der Waals surface area contributed by atoms with Gasteiger partial charge in [-0.25, -0.2) is 12.8 Å². The molecule has 8 nitrogen and oxygen atoms in total. The summed E-state index contributed by atoms with van der Waals surface area (Å²) in [5.41, 5.74) is -0.223. The van der Waals surface area contributed by atoms with Crippen molar-refractivity contribution in [1.82, 2.24) is 10.2 Å². The average molecular weight is 590 g/mol. The van der Waals surface area contributed by atoms with E-state index in [-0.39, 0.29) is 22.7 Å². The van der Waals surface area contributed by atoms with Gasteiger partial charge in [-0.3, -0.25) is 13.9 Å². The molecule has 0 unspecified atom stereocenters. The number of carbonyl (C=O) groups excluding carboxylic acids is 2. The summed E-state index contributed by atoms with van der Waals surface area (Å²) in [4.78, 5) is 28.1. The third kappa shape index (κ3) is 7.73. The van der Waals surface area contributed by atoms with Crippen LogP contribution in [0, 0.1) is 5.82 Å². The average Bonchev–Trinajstić information content (AvgIpc) is 2.90. The van der Waals surface area contributed by atoms with Crippen molar-refractivity contribution >= 4 is 39.1 Å². The summed E-state index contributed by atoms with van der Waals surface area (Å²) in [6.45, 7) is 6.00. The van der Waals surface area contributed by atoms with Gasteiger partial charge in [0, 0.05) is 22.7 Å². The molecule has 0 aromatic heterocycles. The number of methoxy groups -OCH3 is 1. The van der Waals surface area contributed by atoms with Crippen molar-refractivity contribution in [2.45, 2.75) is 50.7 Å². The Hall–Kier alpha value is -3.63. The van der Waals surface area contributed by atoms with Gasteiger partial charge in [0.05, 0.1) is 17.7 Å². The first-order valence-electron chi connectivity index (χ1n) is 12.5. The molecular weight excluding hydrogens is 557 g/mol. The quantitative estimate of drug-likeness (QED) is 0.358. The highest BCUT2D eigenvalue weighted by Crippen LogP contribution is 2.27. The van der Waals surface area contributed by atoms with E-state index < -0.39 is 45.8 Å². The number of halogens is 2. The normalized spacial score (nSPS) is 12.4. The molecule has 0 heterocycles. The summed E-state index contributed by atoms with van der Waals surface area (Å²) < 4.78 is 48.3. The topological polar surface area (TPSA) is 96.0 Å². The number of anilines is 1.